The summed E-state index contributed by atoms with van der Waals surface area (Å²) in [6, 6.07) is 0. The SMILES string of the molecule is [CH]1[CH][CH][C](CN2CCCOP23=NP(N2CCOCC2)(N2CCOCC2)=NP(N2CCOCC2)(N2CCOCC2)=N3)[CH]1. The van der Waals surface area contributed by atoms with Gasteiger partial charge in [-0.25, -0.2) is 23.4 Å². The molecule has 6 aliphatic heterocycles. The molecule has 1 atom stereocenters. The highest BCUT2D eigenvalue weighted by molar-refractivity contribution is 7.82. The molecule has 16 heteroatoms. The molecule has 1 aliphatic carbocycles. The van der Waals surface area contributed by atoms with Crippen LogP contribution in [0.15, 0.2) is 13.5 Å². The van der Waals surface area contributed by atoms with E-state index in [2.05, 4.69) is 49.0 Å². The third-order valence-corrected chi connectivity index (χ3v) is 20.4. The standard InChI is InChI=1S/C25H44N8O5P3/c1-2-5-25(4-1)24-33-6-3-15-38-41(33)27-39(29-7-16-34-17-8-29,30-9-18-35-19-10-30)26-40(28-41,31-11-20-36-21-12-31)32-13-22-37-23-14-32/h1-2,4-5H,3,6-24H2. The fourth-order valence-corrected chi connectivity index (χ4v) is 21.3. The van der Waals surface area contributed by atoms with Gasteiger partial charge in [0.15, 0.2) is 0 Å². The zero-order valence-electron chi connectivity index (χ0n) is 23.9. The van der Waals surface area contributed by atoms with E-state index in [1.54, 1.807) is 0 Å². The number of morpholine rings is 4. The second-order valence-electron chi connectivity index (χ2n) is 11.0. The number of ether oxygens (including phenoxy) is 4. The monoisotopic (exact) mass is 629 g/mol. The fourth-order valence-electron chi connectivity index (χ4n) is 6.34. The molecule has 0 bridgehead atoms. The predicted molar refractivity (Wildman–Crippen MR) is 160 cm³/mol. The normalized spacial score (nSPS) is 35.1. The Morgan fingerprint density at radius 3 is 1.44 bits per heavy atom. The molecule has 1 saturated carbocycles. The molecule has 6 fully saturated rings. The highest BCUT2D eigenvalue weighted by atomic mass is 31.3. The lowest BCUT2D eigenvalue weighted by molar-refractivity contribution is 0.0546. The third-order valence-electron chi connectivity index (χ3n) is 8.47. The van der Waals surface area contributed by atoms with Gasteiger partial charge in [0.2, 0.25) is 15.0 Å². The molecular weight excluding hydrogens is 585 g/mol. The fraction of sp³-hybridized carbons (Fsp3) is 0.800. The van der Waals surface area contributed by atoms with E-state index in [1.807, 2.05) is 0 Å². The van der Waals surface area contributed by atoms with Crippen molar-refractivity contribution in [3.05, 3.63) is 31.6 Å². The van der Waals surface area contributed by atoms with Gasteiger partial charge in [-0.1, -0.05) is 0 Å². The summed E-state index contributed by atoms with van der Waals surface area (Å²) in [4.78, 5) is 0. The molecule has 41 heavy (non-hydrogen) atoms. The average Bonchev–Trinajstić information content (AvgIpc) is 3.57. The van der Waals surface area contributed by atoms with Crippen molar-refractivity contribution in [1.82, 2.24) is 23.4 Å². The predicted octanol–water partition coefficient (Wildman–Crippen LogP) is 3.29. The molecule has 7 aliphatic rings. The number of hydrogen-bond donors (Lipinski definition) is 0. The van der Waals surface area contributed by atoms with E-state index < -0.39 is 22.6 Å². The molecule has 5 saturated heterocycles. The van der Waals surface area contributed by atoms with Crippen molar-refractivity contribution in [2.24, 2.45) is 13.5 Å². The summed E-state index contributed by atoms with van der Waals surface area (Å²) in [7, 11) is -8.04. The van der Waals surface area contributed by atoms with E-state index in [4.69, 9.17) is 37.0 Å². The topological polar surface area (TPSA) is 99.4 Å². The second kappa shape index (κ2) is 13.3. The van der Waals surface area contributed by atoms with E-state index in [0.29, 0.717) is 59.5 Å². The number of nitrogens with zero attached hydrogens (tertiary/aromatic N) is 8. The molecule has 0 N–H and O–H groups in total. The van der Waals surface area contributed by atoms with Crippen molar-refractivity contribution in [1.29, 1.82) is 0 Å². The lowest BCUT2D eigenvalue weighted by atomic mass is 10.1. The van der Waals surface area contributed by atoms with Gasteiger partial charge in [-0.2, -0.15) is 13.5 Å². The van der Waals surface area contributed by atoms with Gasteiger partial charge in [-0.3, -0.25) is 0 Å². The van der Waals surface area contributed by atoms with Crippen molar-refractivity contribution >= 4 is 22.6 Å². The highest BCUT2D eigenvalue weighted by Crippen LogP contribution is 2.83. The number of rotatable bonds is 6. The quantitative estimate of drug-likeness (QED) is 0.407. The molecule has 229 valence electrons. The first-order chi connectivity index (χ1) is 20.2. The molecule has 1 spiro atoms. The van der Waals surface area contributed by atoms with Crippen LogP contribution in [0.3, 0.4) is 0 Å². The van der Waals surface area contributed by atoms with Crippen LogP contribution in [0.2, 0.25) is 0 Å². The van der Waals surface area contributed by atoms with E-state index in [-0.39, 0.29) is 0 Å². The number of hydrogen-bond acceptors (Lipinski definition) is 13. The Kier molecular flexibility index (Phi) is 9.75. The maximum Gasteiger partial charge on any atom is 0.282 e. The van der Waals surface area contributed by atoms with Crippen molar-refractivity contribution in [3.8, 4) is 0 Å². The molecule has 13 nitrogen and oxygen atoms in total. The smallest absolute Gasteiger partial charge is 0.282 e. The van der Waals surface area contributed by atoms with E-state index in [1.165, 1.54) is 5.92 Å². The maximum absolute atomic E-state index is 7.01. The first kappa shape index (κ1) is 30.0. The second-order valence-corrected chi connectivity index (χ2v) is 19.4. The minimum Gasteiger partial charge on any atom is -0.379 e. The van der Waals surface area contributed by atoms with Gasteiger partial charge >= 0.3 is 0 Å². The van der Waals surface area contributed by atoms with Crippen molar-refractivity contribution in [2.45, 2.75) is 6.42 Å². The van der Waals surface area contributed by atoms with E-state index in [9.17, 15) is 0 Å². The van der Waals surface area contributed by atoms with Gasteiger partial charge in [0.25, 0.3) is 7.58 Å². The van der Waals surface area contributed by atoms with Gasteiger partial charge in [0.05, 0.1) is 59.5 Å². The van der Waals surface area contributed by atoms with E-state index >= 15 is 0 Å². The highest BCUT2D eigenvalue weighted by Gasteiger charge is 2.52. The first-order valence-corrected chi connectivity index (χ1v) is 19.8. The first-order valence-electron chi connectivity index (χ1n) is 15.1. The Balaban J connectivity index is 1.47. The minimum absolute atomic E-state index is 0.677. The Bertz CT molecular complexity index is 984. The van der Waals surface area contributed by atoms with Crippen molar-refractivity contribution < 1.29 is 23.5 Å². The van der Waals surface area contributed by atoms with Gasteiger partial charge in [-0.15, -0.1) is 0 Å². The van der Waals surface area contributed by atoms with Crippen LogP contribution in [0.5, 0.6) is 0 Å². The van der Waals surface area contributed by atoms with Crippen LogP contribution >= 0.6 is 22.6 Å². The molecule has 0 amide bonds. The largest absolute Gasteiger partial charge is 0.379 e. The maximum atomic E-state index is 7.01. The minimum atomic E-state index is -2.79. The molecular formula is C25H44N8O5P3. The van der Waals surface area contributed by atoms with Crippen LogP contribution in [-0.2, 0) is 23.5 Å². The molecule has 6 heterocycles. The summed E-state index contributed by atoms with van der Waals surface area (Å²) in [5.41, 5.74) is 0. The molecule has 7 rings (SSSR count). The summed E-state index contributed by atoms with van der Waals surface area (Å²) in [5, 5.41) is 0. The summed E-state index contributed by atoms with van der Waals surface area (Å²) >= 11 is 0. The lowest BCUT2D eigenvalue weighted by Crippen LogP contribution is -2.46. The molecule has 1 unspecified atom stereocenters. The Morgan fingerprint density at radius 1 is 0.537 bits per heavy atom. The van der Waals surface area contributed by atoms with E-state index in [0.717, 1.165) is 71.9 Å². The zero-order valence-corrected chi connectivity index (χ0v) is 26.6. The Morgan fingerprint density at radius 2 is 0.976 bits per heavy atom. The van der Waals surface area contributed by atoms with Crippen molar-refractivity contribution in [2.75, 3.05) is 125 Å². The lowest BCUT2D eigenvalue weighted by Gasteiger charge is -2.53. The van der Waals surface area contributed by atoms with Crippen LogP contribution in [0.4, 0.5) is 0 Å². The molecule has 0 aromatic heterocycles. The van der Waals surface area contributed by atoms with Gasteiger partial charge < -0.3 is 23.5 Å². The summed E-state index contributed by atoms with van der Waals surface area (Å²) in [6.45, 7) is 14.4. The summed E-state index contributed by atoms with van der Waals surface area (Å²) < 4.78 is 61.3. The average molecular weight is 630 g/mol. The summed E-state index contributed by atoms with van der Waals surface area (Å²) in [6.07, 6.45) is 9.63. The van der Waals surface area contributed by atoms with Crippen molar-refractivity contribution in [3.63, 3.8) is 0 Å². The van der Waals surface area contributed by atoms with Crippen LogP contribution in [-0.4, -0.2) is 148 Å². The molecule has 0 aromatic rings. The van der Waals surface area contributed by atoms with Crippen LogP contribution in [0.1, 0.15) is 6.42 Å². The van der Waals surface area contributed by atoms with Crippen LogP contribution in [0.25, 0.3) is 0 Å². The molecule has 5 radical (unpaired) electrons. The molecule has 0 aromatic carbocycles. The Labute approximate surface area is 245 Å². The Hall–Kier alpha value is 0.290. The zero-order chi connectivity index (χ0) is 27.6. The van der Waals surface area contributed by atoms with Gasteiger partial charge in [0, 0.05) is 65.4 Å². The van der Waals surface area contributed by atoms with Gasteiger partial charge in [-0.05, 0) is 38.0 Å². The third kappa shape index (κ3) is 5.99. The van der Waals surface area contributed by atoms with Gasteiger partial charge in [0.1, 0.15) is 0 Å². The van der Waals surface area contributed by atoms with Crippen LogP contribution in [0, 0.1) is 31.6 Å². The van der Waals surface area contributed by atoms with Crippen LogP contribution < -0.4 is 0 Å². The summed E-state index contributed by atoms with van der Waals surface area (Å²) in [5.74, 6) is 1.28.